The number of pyridine rings is 1. The molecular formula is C25H18N6O2S. The number of nitrogens with one attached hydrogen (secondary N) is 1. The summed E-state index contributed by atoms with van der Waals surface area (Å²) in [6.07, 6.45) is 8.20. The van der Waals surface area contributed by atoms with Gasteiger partial charge in [-0.15, -0.1) is 11.3 Å². The number of rotatable bonds is 7. The van der Waals surface area contributed by atoms with Gasteiger partial charge in [0.25, 0.3) is 0 Å². The van der Waals surface area contributed by atoms with Gasteiger partial charge < -0.3 is 9.73 Å². The molecule has 0 saturated carbocycles. The van der Waals surface area contributed by atoms with Crippen LogP contribution in [0.25, 0.3) is 22.5 Å². The third-order valence-electron chi connectivity index (χ3n) is 5.29. The number of aryl methyl sites for hydroxylation is 1. The van der Waals surface area contributed by atoms with Crippen LogP contribution >= 0.6 is 11.3 Å². The summed E-state index contributed by atoms with van der Waals surface area (Å²) in [6.45, 7) is 0. The van der Waals surface area contributed by atoms with Crippen molar-refractivity contribution in [2.75, 3.05) is 5.32 Å². The zero-order chi connectivity index (χ0) is 23.5. The number of carbonyl (C=O) groups is 1. The van der Waals surface area contributed by atoms with Crippen LogP contribution in [0, 0.1) is 11.3 Å². The summed E-state index contributed by atoms with van der Waals surface area (Å²) in [5, 5.41) is 18.6. The molecule has 0 radical (unpaired) electrons. The van der Waals surface area contributed by atoms with Gasteiger partial charge in [-0.25, -0.2) is 9.97 Å². The number of carbonyl (C=O) groups excluding carboxylic acids is 1. The van der Waals surface area contributed by atoms with Crippen molar-refractivity contribution >= 4 is 22.8 Å². The first kappa shape index (κ1) is 21.3. The van der Waals surface area contributed by atoms with Gasteiger partial charge in [-0.1, -0.05) is 18.2 Å². The van der Waals surface area contributed by atoms with Gasteiger partial charge in [0.1, 0.15) is 17.8 Å². The Morgan fingerprint density at radius 3 is 2.79 bits per heavy atom. The van der Waals surface area contributed by atoms with Crippen molar-refractivity contribution in [1.29, 1.82) is 5.26 Å². The van der Waals surface area contributed by atoms with E-state index in [-0.39, 0.29) is 11.5 Å². The molecule has 0 aliphatic heterocycles. The van der Waals surface area contributed by atoms with E-state index in [1.54, 1.807) is 35.4 Å². The zero-order valence-electron chi connectivity index (χ0n) is 18.0. The SMILES string of the molecule is Cn1cc(-c2ccsc2C(=O)C(Nc2cccc(-c3cnco3)c2)c2ccc(C#N)nc2)cn1. The molecule has 0 fully saturated rings. The smallest absolute Gasteiger partial charge is 0.200 e. The standard InChI is InChI=1S/C25H18N6O2S/c1-31-14-18(12-29-31)21-7-8-34-25(21)24(32)23(17-5-6-20(10-26)28-11-17)30-19-4-2-3-16(9-19)22-13-27-15-33-22/h2-9,11-15,23,30H,1H3. The number of hydrogen-bond donors (Lipinski definition) is 1. The van der Waals surface area contributed by atoms with E-state index in [2.05, 4.69) is 20.4 Å². The molecule has 4 heterocycles. The first-order valence-corrected chi connectivity index (χ1v) is 11.2. The maximum absolute atomic E-state index is 13.9. The van der Waals surface area contributed by atoms with E-state index >= 15 is 0 Å². The second kappa shape index (κ2) is 9.13. The second-order valence-corrected chi connectivity index (χ2v) is 8.46. The number of benzene rings is 1. The molecule has 5 aromatic rings. The van der Waals surface area contributed by atoms with Crippen molar-refractivity contribution in [3.05, 3.63) is 95.2 Å². The minimum Gasteiger partial charge on any atom is -0.444 e. The Morgan fingerprint density at radius 2 is 2.09 bits per heavy atom. The number of nitriles is 1. The fourth-order valence-electron chi connectivity index (χ4n) is 3.65. The van der Waals surface area contributed by atoms with Crippen LogP contribution in [0.1, 0.15) is 27.0 Å². The normalized spacial score (nSPS) is 11.6. The van der Waals surface area contributed by atoms with Crippen LogP contribution in [-0.2, 0) is 7.05 Å². The molecule has 1 atom stereocenters. The van der Waals surface area contributed by atoms with E-state index in [1.165, 1.54) is 17.7 Å². The lowest BCUT2D eigenvalue weighted by atomic mass is 9.99. The number of aromatic nitrogens is 4. The van der Waals surface area contributed by atoms with Gasteiger partial charge in [0.2, 0.25) is 0 Å². The minimum absolute atomic E-state index is 0.106. The lowest BCUT2D eigenvalue weighted by Crippen LogP contribution is -2.21. The van der Waals surface area contributed by atoms with E-state index in [0.29, 0.717) is 16.2 Å². The van der Waals surface area contributed by atoms with Crippen molar-refractivity contribution in [1.82, 2.24) is 19.7 Å². The van der Waals surface area contributed by atoms with E-state index in [9.17, 15) is 4.79 Å². The van der Waals surface area contributed by atoms with Gasteiger partial charge in [-0.3, -0.25) is 9.48 Å². The summed E-state index contributed by atoms with van der Waals surface area (Å²) in [5.74, 6) is 0.522. The highest BCUT2D eigenvalue weighted by Gasteiger charge is 2.27. The molecule has 1 aromatic carbocycles. The average molecular weight is 467 g/mol. The van der Waals surface area contributed by atoms with Gasteiger partial charge in [0, 0.05) is 47.4 Å². The fraction of sp³-hybridized carbons (Fsp3) is 0.0800. The molecule has 5 rings (SSSR count). The van der Waals surface area contributed by atoms with Crippen molar-refractivity contribution in [3.63, 3.8) is 0 Å². The Morgan fingerprint density at radius 1 is 1.18 bits per heavy atom. The second-order valence-electron chi connectivity index (χ2n) is 7.54. The third kappa shape index (κ3) is 4.22. The summed E-state index contributed by atoms with van der Waals surface area (Å²) in [7, 11) is 1.84. The van der Waals surface area contributed by atoms with Gasteiger partial charge in [-0.05, 0) is 29.6 Å². The molecule has 0 saturated heterocycles. The summed E-state index contributed by atoms with van der Waals surface area (Å²) in [5.41, 5.74) is 4.20. The number of nitrogens with zero attached hydrogens (tertiary/aromatic N) is 5. The zero-order valence-corrected chi connectivity index (χ0v) is 18.9. The molecule has 1 unspecified atom stereocenters. The predicted octanol–water partition coefficient (Wildman–Crippen LogP) is 5.11. The molecule has 0 amide bonds. The largest absolute Gasteiger partial charge is 0.444 e. The molecule has 4 aromatic heterocycles. The Labute approximate surface area is 199 Å². The van der Waals surface area contributed by atoms with Crippen LogP contribution in [0.2, 0.25) is 0 Å². The van der Waals surface area contributed by atoms with Crippen LogP contribution in [0.3, 0.4) is 0 Å². The Balaban J connectivity index is 1.53. The van der Waals surface area contributed by atoms with E-state index in [1.807, 2.05) is 55.0 Å². The molecule has 166 valence electrons. The van der Waals surface area contributed by atoms with Gasteiger partial charge in [0.15, 0.2) is 17.9 Å². The molecule has 8 nitrogen and oxygen atoms in total. The van der Waals surface area contributed by atoms with Crippen molar-refractivity contribution in [2.24, 2.45) is 7.05 Å². The fourth-order valence-corrected chi connectivity index (χ4v) is 4.54. The summed E-state index contributed by atoms with van der Waals surface area (Å²) >= 11 is 1.38. The summed E-state index contributed by atoms with van der Waals surface area (Å²) < 4.78 is 7.11. The molecular weight excluding hydrogens is 448 g/mol. The first-order chi connectivity index (χ1) is 16.6. The number of anilines is 1. The van der Waals surface area contributed by atoms with Crippen LogP contribution in [0.5, 0.6) is 0 Å². The topological polar surface area (TPSA) is 110 Å². The average Bonchev–Trinajstić information content (AvgIpc) is 3.64. The summed E-state index contributed by atoms with van der Waals surface area (Å²) in [4.78, 5) is 22.6. The van der Waals surface area contributed by atoms with Crippen molar-refractivity contribution in [3.8, 4) is 28.5 Å². The molecule has 9 heteroatoms. The Kier molecular flexibility index (Phi) is 5.72. The highest BCUT2D eigenvalue weighted by Crippen LogP contribution is 2.34. The number of hydrogen-bond acceptors (Lipinski definition) is 8. The van der Waals surface area contributed by atoms with Crippen LogP contribution in [-0.4, -0.2) is 25.5 Å². The highest BCUT2D eigenvalue weighted by molar-refractivity contribution is 7.12. The quantitative estimate of drug-likeness (QED) is 0.332. The lowest BCUT2D eigenvalue weighted by Gasteiger charge is -2.19. The lowest BCUT2D eigenvalue weighted by molar-refractivity contribution is 0.0974. The molecule has 0 aliphatic carbocycles. The van der Waals surface area contributed by atoms with E-state index in [4.69, 9.17) is 9.68 Å². The molecule has 0 spiro atoms. The number of thiophene rings is 1. The predicted molar refractivity (Wildman–Crippen MR) is 128 cm³/mol. The monoisotopic (exact) mass is 466 g/mol. The maximum Gasteiger partial charge on any atom is 0.200 e. The Hall–Kier alpha value is -4.55. The van der Waals surface area contributed by atoms with Gasteiger partial charge in [-0.2, -0.15) is 10.4 Å². The third-order valence-corrected chi connectivity index (χ3v) is 6.22. The minimum atomic E-state index is -0.723. The first-order valence-electron chi connectivity index (χ1n) is 10.3. The number of ketones is 1. The highest BCUT2D eigenvalue weighted by atomic mass is 32.1. The molecule has 0 aliphatic rings. The number of oxazole rings is 1. The maximum atomic E-state index is 13.9. The Bertz CT molecular complexity index is 1480. The van der Waals surface area contributed by atoms with E-state index in [0.717, 1.165) is 22.4 Å². The van der Waals surface area contributed by atoms with Crippen LogP contribution in [0.4, 0.5) is 5.69 Å². The van der Waals surface area contributed by atoms with Crippen molar-refractivity contribution in [2.45, 2.75) is 6.04 Å². The molecule has 0 bridgehead atoms. The molecule has 34 heavy (non-hydrogen) atoms. The van der Waals surface area contributed by atoms with Gasteiger partial charge >= 0.3 is 0 Å². The van der Waals surface area contributed by atoms with E-state index < -0.39 is 6.04 Å². The van der Waals surface area contributed by atoms with Crippen LogP contribution in [0.15, 0.2) is 83.4 Å². The van der Waals surface area contributed by atoms with Crippen LogP contribution < -0.4 is 5.32 Å². The van der Waals surface area contributed by atoms with Crippen molar-refractivity contribution < 1.29 is 9.21 Å². The summed E-state index contributed by atoms with van der Waals surface area (Å²) in [6, 6.07) is 14.1. The number of Topliss-reactive ketones (excluding diaryl/α,β-unsaturated/α-hetero) is 1. The molecule has 1 N–H and O–H groups in total. The van der Waals surface area contributed by atoms with Gasteiger partial charge in [0.05, 0.1) is 17.3 Å².